The van der Waals surface area contributed by atoms with Gasteiger partial charge < -0.3 is 5.32 Å². The Morgan fingerprint density at radius 2 is 1.76 bits per heavy atom. The molecule has 172 valence electrons. The molecule has 4 rings (SSSR count). The Bertz CT molecular complexity index is 1290. The van der Waals surface area contributed by atoms with Crippen LogP contribution in [-0.4, -0.2) is 31.3 Å². The van der Waals surface area contributed by atoms with Crippen LogP contribution in [0, 0.1) is 17.0 Å². The van der Waals surface area contributed by atoms with Gasteiger partial charge in [-0.05, 0) is 37.3 Å². The van der Waals surface area contributed by atoms with Gasteiger partial charge in [0.2, 0.25) is 5.91 Å². The lowest BCUT2D eigenvalue weighted by Gasteiger charge is -2.10. The van der Waals surface area contributed by atoms with Gasteiger partial charge in [0, 0.05) is 28.4 Å². The number of para-hydroxylation sites is 1. The molecule has 8 nitrogen and oxygen atoms in total. The summed E-state index contributed by atoms with van der Waals surface area (Å²) in [7, 11) is 0. The van der Waals surface area contributed by atoms with Crippen molar-refractivity contribution >= 4 is 40.8 Å². The third-order valence-electron chi connectivity index (χ3n) is 4.78. The average molecular weight is 492 g/mol. The first kappa shape index (κ1) is 23.5. The van der Waals surface area contributed by atoms with Gasteiger partial charge in [-0.2, -0.15) is 0 Å². The molecule has 1 heterocycles. The molecule has 3 aromatic carbocycles. The summed E-state index contributed by atoms with van der Waals surface area (Å²) in [5.41, 5.74) is 2.41. The quantitative estimate of drug-likeness (QED) is 0.187. The predicted octanol–water partition coefficient (Wildman–Crippen LogP) is 5.51. The second-order valence-corrected chi connectivity index (χ2v) is 9.31. The minimum absolute atomic E-state index is 0.0787. The fourth-order valence-electron chi connectivity index (χ4n) is 3.13. The van der Waals surface area contributed by atoms with Crippen molar-refractivity contribution in [2.24, 2.45) is 0 Å². The lowest BCUT2D eigenvalue weighted by atomic mass is 10.2. The number of hydrogen-bond acceptors (Lipinski definition) is 7. The minimum Gasteiger partial charge on any atom is -0.325 e. The zero-order valence-electron chi connectivity index (χ0n) is 18.2. The Kier molecular flexibility index (Phi) is 7.61. The van der Waals surface area contributed by atoms with Crippen LogP contribution in [0.2, 0.25) is 0 Å². The molecule has 34 heavy (non-hydrogen) atoms. The van der Waals surface area contributed by atoms with E-state index in [9.17, 15) is 14.9 Å². The van der Waals surface area contributed by atoms with Crippen LogP contribution in [0.15, 0.2) is 88.9 Å². The number of benzene rings is 3. The third-order valence-corrected chi connectivity index (χ3v) is 6.71. The Hall–Kier alpha value is -3.63. The first-order chi connectivity index (χ1) is 16.5. The number of rotatable bonds is 9. The zero-order chi connectivity index (χ0) is 23.9. The summed E-state index contributed by atoms with van der Waals surface area (Å²) in [6, 6.07) is 23.9. The topological polar surface area (TPSA) is 103 Å². The number of anilines is 1. The average Bonchev–Trinajstić information content (AvgIpc) is 3.26. The van der Waals surface area contributed by atoms with Gasteiger partial charge >= 0.3 is 0 Å². The second-order valence-electron chi connectivity index (χ2n) is 7.32. The number of thioether (sulfide) groups is 2. The number of nitro groups is 1. The van der Waals surface area contributed by atoms with Crippen molar-refractivity contribution < 1.29 is 9.72 Å². The Balaban J connectivity index is 1.47. The van der Waals surface area contributed by atoms with Crippen LogP contribution in [0.5, 0.6) is 0 Å². The highest BCUT2D eigenvalue weighted by molar-refractivity contribution is 7.99. The lowest BCUT2D eigenvalue weighted by Crippen LogP contribution is -2.14. The summed E-state index contributed by atoms with van der Waals surface area (Å²) in [5, 5.41) is 23.0. The van der Waals surface area contributed by atoms with Gasteiger partial charge in [0.25, 0.3) is 5.69 Å². The minimum atomic E-state index is -0.497. The smallest absolute Gasteiger partial charge is 0.271 e. The van der Waals surface area contributed by atoms with Crippen LogP contribution >= 0.6 is 23.5 Å². The monoisotopic (exact) mass is 491 g/mol. The maximum Gasteiger partial charge on any atom is 0.271 e. The molecule has 1 N–H and O–H groups in total. The highest BCUT2D eigenvalue weighted by Crippen LogP contribution is 2.28. The molecule has 1 amide bonds. The molecule has 0 atom stereocenters. The number of nitrogens with zero attached hydrogens (tertiary/aromatic N) is 4. The summed E-state index contributed by atoms with van der Waals surface area (Å²) in [6.07, 6.45) is 0. The molecule has 0 radical (unpaired) electrons. The molecule has 0 saturated carbocycles. The summed E-state index contributed by atoms with van der Waals surface area (Å²) < 4.78 is 1.95. The van der Waals surface area contributed by atoms with E-state index >= 15 is 0 Å². The number of aromatic nitrogens is 3. The van der Waals surface area contributed by atoms with Crippen molar-refractivity contribution in [2.45, 2.75) is 22.7 Å². The molecule has 0 aliphatic carbocycles. The van der Waals surface area contributed by atoms with Crippen molar-refractivity contribution in [3.8, 4) is 5.69 Å². The first-order valence-electron chi connectivity index (χ1n) is 10.4. The third kappa shape index (κ3) is 6.03. The number of hydrogen-bond donors (Lipinski definition) is 1. The maximum atomic E-state index is 12.5. The van der Waals surface area contributed by atoms with E-state index in [0.717, 1.165) is 16.4 Å². The first-order valence-corrected chi connectivity index (χ1v) is 12.3. The Morgan fingerprint density at radius 1 is 1.00 bits per heavy atom. The van der Waals surface area contributed by atoms with Gasteiger partial charge in [-0.15, -0.1) is 22.0 Å². The van der Waals surface area contributed by atoms with Gasteiger partial charge in [-0.1, -0.05) is 53.7 Å². The van der Waals surface area contributed by atoms with E-state index in [1.54, 1.807) is 17.8 Å². The van der Waals surface area contributed by atoms with Gasteiger partial charge in [0.15, 0.2) is 5.16 Å². The van der Waals surface area contributed by atoms with Crippen molar-refractivity contribution in [1.29, 1.82) is 0 Å². The normalized spacial score (nSPS) is 10.7. The van der Waals surface area contributed by atoms with Gasteiger partial charge in [-0.25, -0.2) is 0 Å². The largest absolute Gasteiger partial charge is 0.325 e. The van der Waals surface area contributed by atoms with Crippen LogP contribution in [0.3, 0.4) is 0 Å². The van der Waals surface area contributed by atoms with E-state index in [1.807, 2.05) is 34.9 Å². The van der Waals surface area contributed by atoms with E-state index in [2.05, 4.69) is 46.7 Å². The van der Waals surface area contributed by atoms with Crippen LogP contribution in [0.1, 0.15) is 11.4 Å². The fourth-order valence-corrected chi connectivity index (χ4v) is 4.71. The van der Waals surface area contributed by atoms with Crippen molar-refractivity contribution in [3.63, 3.8) is 0 Å². The van der Waals surface area contributed by atoms with Crippen LogP contribution in [-0.2, 0) is 10.5 Å². The maximum absolute atomic E-state index is 12.5. The standard InChI is InChI=1S/C24H21N5O3S2/c1-17-10-12-21(13-11-17)33-15-22-26-27-24(28(22)19-7-3-2-4-8-19)34-16-23(30)25-18-6-5-9-20(14-18)29(31)32/h2-14H,15-16H2,1H3,(H,25,30). The van der Waals surface area contributed by atoms with Gasteiger partial charge in [0.05, 0.1) is 16.4 Å². The van der Waals surface area contributed by atoms with Crippen molar-refractivity contribution in [1.82, 2.24) is 14.8 Å². The van der Waals surface area contributed by atoms with Crippen LogP contribution in [0.4, 0.5) is 11.4 Å². The summed E-state index contributed by atoms with van der Waals surface area (Å²) in [6.45, 7) is 2.05. The summed E-state index contributed by atoms with van der Waals surface area (Å²) >= 11 is 2.93. The number of nitro benzene ring substituents is 1. The van der Waals surface area contributed by atoms with E-state index < -0.39 is 4.92 Å². The number of carbonyl (C=O) groups is 1. The zero-order valence-corrected chi connectivity index (χ0v) is 19.9. The van der Waals surface area contributed by atoms with Crippen LogP contribution in [0.25, 0.3) is 5.69 Å². The molecule has 1 aromatic heterocycles. The molecule has 0 aliphatic heterocycles. The van der Waals surface area contributed by atoms with Gasteiger partial charge in [0.1, 0.15) is 5.82 Å². The molecular weight excluding hydrogens is 470 g/mol. The molecule has 0 saturated heterocycles. The number of amides is 1. The van der Waals surface area contributed by atoms with E-state index in [0.29, 0.717) is 16.6 Å². The molecule has 0 unspecified atom stereocenters. The van der Waals surface area contributed by atoms with E-state index in [4.69, 9.17) is 0 Å². The second kappa shape index (κ2) is 11.0. The summed E-state index contributed by atoms with van der Waals surface area (Å²) in [4.78, 5) is 24.1. The van der Waals surface area contributed by atoms with Crippen molar-refractivity contribution in [2.75, 3.05) is 11.1 Å². The number of carbonyl (C=O) groups excluding carboxylic acids is 1. The SMILES string of the molecule is Cc1ccc(SCc2nnc(SCC(=O)Nc3cccc([N+](=O)[O-])c3)n2-c2ccccc2)cc1. The molecule has 0 aliphatic rings. The predicted molar refractivity (Wildman–Crippen MR) is 135 cm³/mol. The molecular formula is C24H21N5O3S2. The van der Waals surface area contributed by atoms with E-state index in [-0.39, 0.29) is 17.3 Å². The number of aryl methyl sites for hydroxylation is 1. The molecule has 10 heteroatoms. The van der Waals surface area contributed by atoms with E-state index in [1.165, 1.54) is 35.5 Å². The highest BCUT2D eigenvalue weighted by atomic mass is 32.2. The lowest BCUT2D eigenvalue weighted by molar-refractivity contribution is -0.384. The van der Waals surface area contributed by atoms with Crippen LogP contribution < -0.4 is 5.32 Å². The van der Waals surface area contributed by atoms with Gasteiger partial charge in [-0.3, -0.25) is 19.5 Å². The fraction of sp³-hybridized carbons (Fsp3) is 0.125. The molecule has 0 fully saturated rings. The Labute approximate surface area is 204 Å². The molecule has 0 bridgehead atoms. The number of nitrogens with one attached hydrogen (secondary N) is 1. The number of non-ortho nitro benzene ring substituents is 1. The summed E-state index contributed by atoms with van der Waals surface area (Å²) in [5.74, 6) is 1.19. The molecule has 4 aromatic rings. The Morgan fingerprint density at radius 3 is 2.50 bits per heavy atom. The van der Waals surface area contributed by atoms with Crippen molar-refractivity contribution in [3.05, 3.63) is 100 Å². The highest BCUT2D eigenvalue weighted by Gasteiger charge is 2.17. The molecule has 0 spiro atoms.